The monoisotopic (exact) mass is 302 g/mol. The fourth-order valence-corrected chi connectivity index (χ4v) is 1.75. The first-order valence-electron chi connectivity index (χ1n) is 6.41. The molecular weight excluding hydrogens is 290 g/mol. The Bertz CT molecular complexity index is 696. The minimum atomic E-state index is -0.913. The highest BCUT2D eigenvalue weighted by Crippen LogP contribution is 2.14. The third kappa shape index (κ3) is 4.28. The number of carbonyl (C=O) groups excluding carboxylic acids is 1. The largest absolute Gasteiger partial charge is 0.484 e. The predicted molar refractivity (Wildman–Crippen MR) is 74.8 cm³/mol. The summed E-state index contributed by atoms with van der Waals surface area (Å²) in [6.45, 7) is -0.358. The van der Waals surface area contributed by atoms with E-state index >= 15 is 0 Å². The summed E-state index contributed by atoms with van der Waals surface area (Å²) in [6, 6.07) is 11.6. The first-order chi connectivity index (χ1) is 10.6. The van der Waals surface area contributed by atoms with E-state index < -0.39 is 23.6 Å². The van der Waals surface area contributed by atoms with Gasteiger partial charge >= 0.3 is 0 Å². The van der Waals surface area contributed by atoms with Gasteiger partial charge in [-0.25, -0.2) is 8.78 Å². The summed E-state index contributed by atoms with van der Waals surface area (Å²) >= 11 is 0. The van der Waals surface area contributed by atoms with Crippen molar-refractivity contribution in [3.63, 3.8) is 0 Å². The molecular formula is C16H12F2N2O2. The minimum Gasteiger partial charge on any atom is -0.484 e. The topological polar surface area (TPSA) is 62.1 Å². The molecule has 2 rings (SSSR count). The van der Waals surface area contributed by atoms with Gasteiger partial charge in [-0.1, -0.05) is 18.2 Å². The van der Waals surface area contributed by atoms with Gasteiger partial charge in [0.05, 0.1) is 6.07 Å². The van der Waals surface area contributed by atoms with E-state index in [4.69, 9.17) is 10.00 Å². The Balaban J connectivity index is 1.92. The van der Waals surface area contributed by atoms with Gasteiger partial charge in [0, 0.05) is 6.07 Å². The first kappa shape index (κ1) is 15.4. The Labute approximate surface area is 125 Å². The van der Waals surface area contributed by atoms with Gasteiger partial charge < -0.3 is 10.1 Å². The Morgan fingerprint density at radius 2 is 1.91 bits per heavy atom. The van der Waals surface area contributed by atoms with E-state index in [2.05, 4.69) is 5.32 Å². The number of nitriles is 1. The van der Waals surface area contributed by atoms with Crippen LogP contribution in [0.2, 0.25) is 0 Å². The van der Waals surface area contributed by atoms with Crippen LogP contribution in [0, 0.1) is 23.0 Å². The Hall–Kier alpha value is -2.94. The second-order valence-electron chi connectivity index (χ2n) is 4.43. The molecule has 0 spiro atoms. The second-order valence-corrected chi connectivity index (χ2v) is 4.43. The number of benzene rings is 2. The third-order valence-electron chi connectivity index (χ3n) is 2.80. The molecule has 0 heterocycles. The van der Waals surface area contributed by atoms with Gasteiger partial charge in [-0.15, -0.1) is 0 Å². The molecule has 0 unspecified atom stereocenters. The zero-order valence-electron chi connectivity index (χ0n) is 11.4. The van der Waals surface area contributed by atoms with Crippen LogP contribution in [0.1, 0.15) is 11.6 Å². The van der Waals surface area contributed by atoms with Gasteiger partial charge in [0.1, 0.15) is 23.4 Å². The number of ether oxygens (including phenoxy) is 1. The molecule has 0 radical (unpaired) electrons. The van der Waals surface area contributed by atoms with E-state index in [1.165, 1.54) is 42.5 Å². The average molecular weight is 302 g/mol. The predicted octanol–water partition coefficient (Wildman–Crippen LogP) is 2.72. The van der Waals surface area contributed by atoms with Crippen LogP contribution in [-0.4, -0.2) is 12.5 Å². The van der Waals surface area contributed by atoms with Crippen molar-refractivity contribution in [3.8, 4) is 11.8 Å². The van der Waals surface area contributed by atoms with Crippen LogP contribution in [0.4, 0.5) is 8.78 Å². The van der Waals surface area contributed by atoms with Gasteiger partial charge in [-0.2, -0.15) is 5.26 Å². The molecule has 1 atom stereocenters. The van der Waals surface area contributed by atoms with Gasteiger partial charge in [-0.05, 0) is 29.8 Å². The molecule has 0 saturated heterocycles. The van der Waals surface area contributed by atoms with Crippen molar-refractivity contribution in [3.05, 3.63) is 65.7 Å². The van der Waals surface area contributed by atoms with E-state index in [1.807, 2.05) is 6.07 Å². The summed E-state index contributed by atoms with van der Waals surface area (Å²) in [5.41, 5.74) is 0.461. The van der Waals surface area contributed by atoms with Crippen LogP contribution in [0.15, 0.2) is 48.5 Å². The number of halogens is 2. The normalized spacial score (nSPS) is 11.3. The molecule has 0 fully saturated rings. The number of hydrogen-bond acceptors (Lipinski definition) is 3. The molecule has 2 aromatic carbocycles. The summed E-state index contributed by atoms with van der Waals surface area (Å²) in [5.74, 6) is -1.23. The second kappa shape index (κ2) is 7.18. The number of nitrogens with one attached hydrogen (secondary N) is 1. The quantitative estimate of drug-likeness (QED) is 0.923. The molecule has 0 bridgehead atoms. The standard InChI is InChI=1S/C16H12F2N2O2/c17-12-6-4-11(5-7-12)15(9-19)20-16(21)10-22-14-3-1-2-13(18)8-14/h1-8,15H,10H2,(H,20,21)/t15-/m1/s1. The fraction of sp³-hybridized carbons (Fsp3) is 0.125. The highest BCUT2D eigenvalue weighted by Gasteiger charge is 2.14. The van der Waals surface area contributed by atoms with Crippen molar-refractivity contribution >= 4 is 5.91 Å². The van der Waals surface area contributed by atoms with Crippen molar-refractivity contribution in [2.45, 2.75) is 6.04 Å². The molecule has 0 saturated carbocycles. The van der Waals surface area contributed by atoms with Gasteiger partial charge in [0.15, 0.2) is 6.61 Å². The number of amides is 1. The summed E-state index contributed by atoms with van der Waals surface area (Å²) < 4.78 is 30.9. The summed E-state index contributed by atoms with van der Waals surface area (Å²) in [6.07, 6.45) is 0. The Morgan fingerprint density at radius 3 is 2.55 bits per heavy atom. The van der Waals surface area contributed by atoms with E-state index in [1.54, 1.807) is 0 Å². The molecule has 6 heteroatoms. The van der Waals surface area contributed by atoms with Crippen LogP contribution in [0.25, 0.3) is 0 Å². The van der Waals surface area contributed by atoms with E-state index in [0.717, 1.165) is 6.07 Å². The van der Waals surface area contributed by atoms with Crippen molar-refractivity contribution in [2.75, 3.05) is 6.61 Å². The maximum atomic E-state index is 13.0. The lowest BCUT2D eigenvalue weighted by Gasteiger charge is -2.12. The lowest BCUT2D eigenvalue weighted by atomic mass is 10.1. The molecule has 1 amide bonds. The molecule has 112 valence electrons. The average Bonchev–Trinajstić information content (AvgIpc) is 2.52. The minimum absolute atomic E-state index is 0.213. The van der Waals surface area contributed by atoms with Crippen LogP contribution in [-0.2, 0) is 4.79 Å². The van der Waals surface area contributed by atoms with Crippen molar-refractivity contribution in [1.29, 1.82) is 5.26 Å². The molecule has 0 aliphatic rings. The number of nitrogens with zero attached hydrogens (tertiary/aromatic N) is 1. The lowest BCUT2D eigenvalue weighted by Crippen LogP contribution is -2.32. The summed E-state index contributed by atoms with van der Waals surface area (Å²) in [5, 5.41) is 11.5. The number of hydrogen-bond donors (Lipinski definition) is 1. The summed E-state index contributed by atoms with van der Waals surface area (Å²) in [7, 11) is 0. The molecule has 1 N–H and O–H groups in total. The maximum Gasteiger partial charge on any atom is 0.259 e. The first-order valence-corrected chi connectivity index (χ1v) is 6.41. The van der Waals surface area contributed by atoms with Crippen LogP contribution in [0.3, 0.4) is 0 Å². The van der Waals surface area contributed by atoms with E-state index in [9.17, 15) is 13.6 Å². The number of carbonyl (C=O) groups is 1. The molecule has 0 aliphatic carbocycles. The molecule has 4 nitrogen and oxygen atoms in total. The highest BCUT2D eigenvalue weighted by molar-refractivity contribution is 5.78. The van der Waals surface area contributed by atoms with Crippen LogP contribution in [0.5, 0.6) is 5.75 Å². The smallest absolute Gasteiger partial charge is 0.259 e. The lowest BCUT2D eigenvalue weighted by molar-refractivity contribution is -0.123. The Morgan fingerprint density at radius 1 is 1.18 bits per heavy atom. The maximum absolute atomic E-state index is 13.0. The fourth-order valence-electron chi connectivity index (χ4n) is 1.75. The van der Waals surface area contributed by atoms with Crippen molar-refractivity contribution < 1.29 is 18.3 Å². The third-order valence-corrected chi connectivity index (χ3v) is 2.80. The van der Waals surface area contributed by atoms with Gasteiger partial charge in [0.25, 0.3) is 5.91 Å². The van der Waals surface area contributed by atoms with Gasteiger partial charge in [0.2, 0.25) is 0 Å². The summed E-state index contributed by atoms with van der Waals surface area (Å²) in [4.78, 5) is 11.8. The van der Waals surface area contributed by atoms with Crippen molar-refractivity contribution in [2.24, 2.45) is 0 Å². The SMILES string of the molecule is N#C[C@@H](NC(=O)COc1cccc(F)c1)c1ccc(F)cc1. The zero-order chi connectivity index (χ0) is 15.9. The number of rotatable bonds is 5. The highest BCUT2D eigenvalue weighted by atomic mass is 19.1. The molecule has 2 aromatic rings. The molecule has 22 heavy (non-hydrogen) atoms. The van der Waals surface area contributed by atoms with Gasteiger partial charge in [-0.3, -0.25) is 4.79 Å². The zero-order valence-corrected chi connectivity index (χ0v) is 11.4. The molecule has 0 aliphatic heterocycles. The Kier molecular flexibility index (Phi) is 5.04. The van der Waals surface area contributed by atoms with Crippen molar-refractivity contribution in [1.82, 2.24) is 5.32 Å². The van der Waals surface area contributed by atoms with E-state index in [0.29, 0.717) is 5.56 Å². The van der Waals surface area contributed by atoms with Crippen LogP contribution < -0.4 is 10.1 Å². The van der Waals surface area contributed by atoms with Crippen LogP contribution >= 0.6 is 0 Å². The van der Waals surface area contributed by atoms with E-state index in [-0.39, 0.29) is 12.4 Å². The molecule has 0 aromatic heterocycles.